The summed E-state index contributed by atoms with van der Waals surface area (Å²) < 4.78 is 26.1. The van der Waals surface area contributed by atoms with Gasteiger partial charge in [-0.3, -0.25) is 9.10 Å². The first kappa shape index (κ1) is 16.6. The molecule has 0 spiro atoms. The first-order chi connectivity index (χ1) is 10.3. The average Bonchev–Trinajstić information content (AvgIpc) is 2.45. The molecule has 2 aromatic carbocycles. The highest BCUT2D eigenvalue weighted by atomic mass is 35.5. The molecule has 0 amide bonds. The number of hydrogen-bond donors (Lipinski definition) is 1. The van der Waals surface area contributed by atoms with Crippen LogP contribution in [0.15, 0.2) is 53.4 Å². The van der Waals surface area contributed by atoms with Gasteiger partial charge >= 0.3 is 5.97 Å². The maximum Gasteiger partial charge on any atom is 0.324 e. The van der Waals surface area contributed by atoms with E-state index in [1.54, 1.807) is 12.1 Å². The van der Waals surface area contributed by atoms with Gasteiger partial charge in [-0.05, 0) is 42.5 Å². The molecule has 0 bridgehead atoms. The molecule has 0 aliphatic rings. The van der Waals surface area contributed by atoms with Crippen LogP contribution >= 0.6 is 23.2 Å². The van der Waals surface area contributed by atoms with Gasteiger partial charge in [0.05, 0.1) is 10.6 Å². The van der Waals surface area contributed by atoms with Crippen LogP contribution in [-0.2, 0) is 14.8 Å². The molecule has 0 aliphatic carbocycles. The third-order valence-electron chi connectivity index (χ3n) is 2.78. The Balaban J connectivity index is 2.53. The molecule has 0 unspecified atom stereocenters. The summed E-state index contributed by atoms with van der Waals surface area (Å²) in [5.41, 5.74) is 0.171. The fourth-order valence-corrected chi connectivity index (χ4v) is 3.52. The number of benzene rings is 2. The summed E-state index contributed by atoms with van der Waals surface area (Å²) in [7, 11) is -4.05. The largest absolute Gasteiger partial charge is 0.480 e. The van der Waals surface area contributed by atoms with Gasteiger partial charge in [-0.25, -0.2) is 8.42 Å². The number of nitrogens with zero attached hydrogens (tertiary/aromatic N) is 1. The molecule has 0 atom stereocenters. The predicted molar refractivity (Wildman–Crippen MR) is 85.1 cm³/mol. The molecule has 0 heterocycles. The monoisotopic (exact) mass is 359 g/mol. The number of hydrogen-bond acceptors (Lipinski definition) is 3. The smallest absolute Gasteiger partial charge is 0.324 e. The molecule has 0 saturated heterocycles. The van der Waals surface area contributed by atoms with Crippen molar-refractivity contribution in [3.63, 3.8) is 0 Å². The first-order valence-electron chi connectivity index (χ1n) is 6.06. The van der Waals surface area contributed by atoms with Crippen LogP contribution in [-0.4, -0.2) is 26.0 Å². The fourth-order valence-electron chi connectivity index (χ4n) is 1.80. The number of rotatable bonds is 5. The van der Waals surface area contributed by atoms with Gasteiger partial charge < -0.3 is 5.11 Å². The SMILES string of the molecule is O=C(O)CN(c1cccc(Cl)c1)S(=O)(=O)c1ccc(Cl)cc1. The third-order valence-corrected chi connectivity index (χ3v) is 5.05. The lowest BCUT2D eigenvalue weighted by Gasteiger charge is -2.22. The molecule has 0 saturated carbocycles. The van der Waals surface area contributed by atoms with Crippen molar-refractivity contribution in [1.29, 1.82) is 0 Å². The summed E-state index contributed by atoms with van der Waals surface area (Å²) in [6.07, 6.45) is 0. The first-order valence-corrected chi connectivity index (χ1v) is 8.26. The number of aliphatic carboxylic acids is 1. The van der Waals surface area contributed by atoms with Crippen molar-refractivity contribution < 1.29 is 18.3 Å². The van der Waals surface area contributed by atoms with Gasteiger partial charge in [0, 0.05) is 10.0 Å². The van der Waals surface area contributed by atoms with Crippen molar-refractivity contribution in [3.05, 3.63) is 58.6 Å². The Morgan fingerprint density at radius 1 is 1.05 bits per heavy atom. The minimum Gasteiger partial charge on any atom is -0.480 e. The Labute approximate surface area is 137 Å². The summed E-state index contributed by atoms with van der Waals surface area (Å²) in [5.74, 6) is -1.28. The molecule has 116 valence electrons. The van der Waals surface area contributed by atoms with E-state index < -0.39 is 22.5 Å². The van der Waals surface area contributed by atoms with Crippen LogP contribution in [0.2, 0.25) is 10.0 Å². The molecule has 0 aliphatic heterocycles. The van der Waals surface area contributed by atoms with Crippen LogP contribution < -0.4 is 4.31 Å². The molecule has 5 nitrogen and oxygen atoms in total. The van der Waals surface area contributed by atoms with E-state index in [-0.39, 0.29) is 10.6 Å². The van der Waals surface area contributed by atoms with Gasteiger partial charge in [-0.2, -0.15) is 0 Å². The van der Waals surface area contributed by atoms with Gasteiger partial charge in [0.1, 0.15) is 6.54 Å². The number of anilines is 1. The molecule has 0 aromatic heterocycles. The van der Waals surface area contributed by atoms with E-state index in [9.17, 15) is 13.2 Å². The van der Waals surface area contributed by atoms with Crippen molar-refractivity contribution >= 4 is 44.9 Å². The van der Waals surface area contributed by atoms with Crippen LogP contribution in [0, 0.1) is 0 Å². The molecule has 0 fully saturated rings. The maximum absolute atomic E-state index is 12.7. The number of carbonyl (C=O) groups is 1. The molecule has 0 radical (unpaired) electrons. The number of halogens is 2. The molecular formula is C14H11Cl2NO4S. The van der Waals surface area contributed by atoms with E-state index in [2.05, 4.69) is 0 Å². The Morgan fingerprint density at radius 2 is 1.68 bits per heavy atom. The quantitative estimate of drug-likeness (QED) is 0.888. The second kappa shape index (κ2) is 6.56. The standard InChI is InChI=1S/C14H11Cl2NO4S/c15-10-4-6-13(7-5-10)22(20,21)17(9-14(18)19)12-3-1-2-11(16)8-12/h1-8H,9H2,(H,18,19). The summed E-state index contributed by atoms with van der Waals surface area (Å²) in [4.78, 5) is 11.0. The zero-order valence-electron chi connectivity index (χ0n) is 11.1. The van der Waals surface area contributed by atoms with Gasteiger partial charge in [0.15, 0.2) is 0 Å². The molecule has 2 rings (SSSR count). The van der Waals surface area contributed by atoms with Crippen LogP contribution in [0.3, 0.4) is 0 Å². The van der Waals surface area contributed by atoms with E-state index >= 15 is 0 Å². The van der Waals surface area contributed by atoms with Gasteiger partial charge in [-0.15, -0.1) is 0 Å². The minimum absolute atomic E-state index is 0.0573. The van der Waals surface area contributed by atoms with E-state index in [1.807, 2.05) is 0 Å². The Hall–Kier alpha value is -1.76. The van der Waals surface area contributed by atoms with E-state index in [0.717, 1.165) is 4.31 Å². The lowest BCUT2D eigenvalue weighted by atomic mass is 10.3. The summed E-state index contributed by atoms with van der Waals surface area (Å²) in [6, 6.07) is 11.5. The maximum atomic E-state index is 12.7. The predicted octanol–water partition coefficient (Wildman–Crippen LogP) is 3.27. The second-order valence-electron chi connectivity index (χ2n) is 4.34. The molecule has 8 heteroatoms. The Morgan fingerprint density at radius 3 is 2.23 bits per heavy atom. The minimum atomic E-state index is -4.05. The van der Waals surface area contributed by atoms with Gasteiger partial charge in [-0.1, -0.05) is 29.3 Å². The third kappa shape index (κ3) is 3.71. The van der Waals surface area contributed by atoms with Crippen LogP contribution in [0.1, 0.15) is 0 Å². The highest BCUT2D eigenvalue weighted by Gasteiger charge is 2.27. The highest BCUT2D eigenvalue weighted by molar-refractivity contribution is 7.92. The van der Waals surface area contributed by atoms with Crippen LogP contribution in [0.4, 0.5) is 5.69 Å². The van der Waals surface area contributed by atoms with Crippen LogP contribution in [0.25, 0.3) is 0 Å². The van der Waals surface area contributed by atoms with E-state index in [4.69, 9.17) is 28.3 Å². The zero-order chi connectivity index (χ0) is 16.3. The number of carboxylic acids is 1. The van der Waals surface area contributed by atoms with Crippen molar-refractivity contribution in [1.82, 2.24) is 0 Å². The van der Waals surface area contributed by atoms with E-state index in [1.165, 1.54) is 36.4 Å². The topological polar surface area (TPSA) is 74.7 Å². The van der Waals surface area contributed by atoms with Crippen LogP contribution in [0.5, 0.6) is 0 Å². The molecule has 22 heavy (non-hydrogen) atoms. The average molecular weight is 360 g/mol. The summed E-state index contributed by atoms with van der Waals surface area (Å²) in [6.45, 7) is -0.717. The lowest BCUT2D eigenvalue weighted by molar-refractivity contribution is -0.135. The normalized spacial score (nSPS) is 11.2. The Bertz CT molecular complexity index is 791. The molecular weight excluding hydrogens is 349 g/mol. The van der Waals surface area contributed by atoms with E-state index in [0.29, 0.717) is 10.0 Å². The highest BCUT2D eigenvalue weighted by Crippen LogP contribution is 2.26. The zero-order valence-corrected chi connectivity index (χ0v) is 13.4. The van der Waals surface area contributed by atoms with Crippen molar-refractivity contribution in [2.45, 2.75) is 4.90 Å². The molecule has 2 aromatic rings. The number of carboxylic acid groups (broad SMARTS) is 1. The summed E-state index contributed by atoms with van der Waals surface area (Å²) >= 11 is 11.6. The van der Waals surface area contributed by atoms with Gasteiger partial charge in [0.2, 0.25) is 0 Å². The summed E-state index contributed by atoms with van der Waals surface area (Å²) in [5, 5.41) is 9.69. The second-order valence-corrected chi connectivity index (χ2v) is 7.07. The van der Waals surface area contributed by atoms with Gasteiger partial charge in [0.25, 0.3) is 10.0 Å². The lowest BCUT2D eigenvalue weighted by Crippen LogP contribution is -2.35. The van der Waals surface area contributed by atoms with Crippen molar-refractivity contribution in [2.24, 2.45) is 0 Å². The van der Waals surface area contributed by atoms with Crippen molar-refractivity contribution in [2.75, 3.05) is 10.8 Å². The fraction of sp³-hybridized carbons (Fsp3) is 0.0714. The molecule has 1 N–H and O–H groups in total. The number of sulfonamides is 1. The Kier molecular flexibility index (Phi) is 4.95. The van der Waals surface area contributed by atoms with Crippen molar-refractivity contribution in [3.8, 4) is 0 Å².